The standard InChI is InChI=1S/C7H16N4O/c1-11(2)7(12)10-6-5-8-3-4-9-6/h6,8-9H,3-5H2,1-2H3,(H,10,12). The van der Waals surface area contributed by atoms with Crippen molar-refractivity contribution in [3.05, 3.63) is 0 Å². The predicted octanol–water partition coefficient (Wildman–Crippen LogP) is -1.22. The Morgan fingerprint density at radius 1 is 1.50 bits per heavy atom. The van der Waals surface area contributed by atoms with Gasteiger partial charge >= 0.3 is 6.03 Å². The highest BCUT2D eigenvalue weighted by molar-refractivity contribution is 5.73. The maximum absolute atomic E-state index is 11.2. The Hall–Kier alpha value is -0.810. The molecule has 0 aromatic heterocycles. The molecule has 0 aromatic carbocycles. The van der Waals surface area contributed by atoms with Gasteiger partial charge in [-0.05, 0) is 0 Å². The van der Waals surface area contributed by atoms with Crippen LogP contribution in [0.25, 0.3) is 0 Å². The molecule has 0 aromatic rings. The van der Waals surface area contributed by atoms with Gasteiger partial charge in [0, 0.05) is 33.7 Å². The van der Waals surface area contributed by atoms with Gasteiger partial charge in [0.1, 0.15) is 0 Å². The predicted molar refractivity (Wildman–Crippen MR) is 46.9 cm³/mol. The quantitative estimate of drug-likeness (QED) is 0.464. The molecule has 1 heterocycles. The van der Waals surface area contributed by atoms with Gasteiger partial charge in [0.05, 0.1) is 6.17 Å². The van der Waals surface area contributed by atoms with E-state index < -0.39 is 0 Å². The van der Waals surface area contributed by atoms with Crippen molar-refractivity contribution in [2.45, 2.75) is 6.17 Å². The van der Waals surface area contributed by atoms with Crippen LogP contribution in [0, 0.1) is 0 Å². The Labute approximate surface area is 72.5 Å². The topological polar surface area (TPSA) is 56.4 Å². The smallest absolute Gasteiger partial charge is 0.318 e. The summed E-state index contributed by atoms with van der Waals surface area (Å²) < 4.78 is 0. The average Bonchev–Trinajstić information content (AvgIpc) is 2.06. The van der Waals surface area contributed by atoms with Crippen LogP contribution in [0.5, 0.6) is 0 Å². The van der Waals surface area contributed by atoms with E-state index >= 15 is 0 Å². The van der Waals surface area contributed by atoms with Gasteiger partial charge in [-0.2, -0.15) is 0 Å². The summed E-state index contributed by atoms with van der Waals surface area (Å²) in [5.41, 5.74) is 0. The van der Waals surface area contributed by atoms with Crippen LogP contribution in [0.15, 0.2) is 0 Å². The van der Waals surface area contributed by atoms with Crippen molar-refractivity contribution in [2.24, 2.45) is 0 Å². The molecular formula is C7H16N4O. The molecule has 12 heavy (non-hydrogen) atoms. The Morgan fingerprint density at radius 2 is 2.25 bits per heavy atom. The number of hydrogen-bond acceptors (Lipinski definition) is 3. The van der Waals surface area contributed by atoms with Crippen LogP contribution in [-0.2, 0) is 0 Å². The van der Waals surface area contributed by atoms with Crippen LogP contribution in [0.3, 0.4) is 0 Å². The van der Waals surface area contributed by atoms with E-state index in [9.17, 15) is 4.79 Å². The molecule has 1 fully saturated rings. The van der Waals surface area contributed by atoms with Crippen LogP contribution in [0.4, 0.5) is 4.79 Å². The van der Waals surface area contributed by atoms with Crippen LogP contribution in [0.2, 0.25) is 0 Å². The lowest BCUT2D eigenvalue weighted by molar-refractivity contribution is 0.208. The second-order valence-corrected chi connectivity index (χ2v) is 3.05. The minimum atomic E-state index is -0.0591. The number of piperazine rings is 1. The number of amides is 2. The average molecular weight is 172 g/mol. The third-order valence-corrected chi connectivity index (χ3v) is 1.74. The zero-order chi connectivity index (χ0) is 8.97. The largest absolute Gasteiger partial charge is 0.331 e. The first-order chi connectivity index (χ1) is 5.70. The first-order valence-corrected chi connectivity index (χ1v) is 4.12. The molecule has 0 bridgehead atoms. The van der Waals surface area contributed by atoms with E-state index in [-0.39, 0.29) is 12.2 Å². The zero-order valence-electron chi connectivity index (χ0n) is 7.55. The monoisotopic (exact) mass is 172 g/mol. The summed E-state index contributed by atoms with van der Waals surface area (Å²) in [7, 11) is 3.46. The van der Waals surface area contributed by atoms with Crippen LogP contribution in [0.1, 0.15) is 0 Å². The number of carbonyl (C=O) groups is 1. The maximum atomic E-state index is 11.2. The van der Waals surface area contributed by atoms with Crippen molar-refractivity contribution in [3.8, 4) is 0 Å². The highest BCUT2D eigenvalue weighted by Crippen LogP contribution is 1.84. The molecule has 2 amide bonds. The summed E-state index contributed by atoms with van der Waals surface area (Å²) in [6, 6.07) is -0.0591. The normalized spacial score (nSPS) is 23.3. The minimum Gasteiger partial charge on any atom is -0.331 e. The van der Waals surface area contributed by atoms with Gasteiger partial charge in [-0.25, -0.2) is 4.79 Å². The van der Waals surface area contributed by atoms with Gasteiger partial charge in [0.2, 0.25) is 0 Å². The molecule has 0 saturated carbocycles. The Kier molecular flexibility index (Phi) is 3.31. The lowest BCUT2D eigenvalue weighted by Gasteiger charge is -2.26. The molecule has 70 valence electrons. The van der Waals surface area contributed by atoms with Gasteiger partial charge in [0.15, 0.2) is 0 Å². The van der Waals surface area contributed by atoms with E-state index in [1.54, 1.807) is 14.1 Å². The Balaban J connectivity index is 2.24. The summed E-state index contributed by atoms with van der Waals surface area (Å²) in [6.07, 6.45) is 0.0636. The van der Waals surface area contributed by atoms with Gasteiger partial charge in [-0.1, -0.05) is 0 Å². The molecule has 1 aliphatic heterocycles. The lowest BCUT2D eigenvalue weighted by atomic mass is 10.4. The van der Waals surface area contributed by atoms with Crippen molar-refractivity contribution < 1.29 is 4.79 Å². The van der Waals surface area contributed by atoms with E-state index in [1.807, 2.05) is 0 Å². The van der Waals surface area contributed by atoms with Crippen LogP contribution < -0.4 is 16.0 Å². The van der Waals surface area contributed by atoms with Crippen LogP contribution >= 0.6 is 0 Å². The van der Waals surface area contributed by atoms with Gasteiger partial charge < -0.3 is 15.5 Å². The minimum absolute atomic E-state index is 0.0591. The van der Waals surface area contributed by atoms with E-state index in [4.69, 9.17) is 0 Å². The second-order valence-electron chi connectivity index (χ2n) is 3.05. The van der Waals surface area contributed by atoms with Gasteiger partial charge in [0.25, 0.3) is 0 Å². The number of carbonyl (C=O) groups excluding carboxylic acids is 1. The van der Waals surface area contributed by atoms with E-state index in [0.717, 1.165) is 19.6 Å². The fourth-order valence-corrected chi connectivity index (χ4v) is 1.03. The molecule has 5 nitrogen and oxygen atoms in total. The molecule has 1 atom stereocenters. The molecule has 1 saturated heterocycles. The van der Waals surface area contributed by atoms with Crippen molar-refractivity contribution >= 4 is 6.03 Å². The van der Waals surface area contributed by atoms with Crippen molar-refractivity contribution in [2.75, 3.05) is 33.7 Å². The molecule has 0 spiro atoms. The summed E-state index contributed by atoms with van der Waals surface area (Å²) in [4.78, 5) is 12.7. The van der Waals surface area contributed by atoms with Crippen molar-refractivity contribution in [3.63, 3.8) is 0 Å². The van der Waals surface area contributed by atoms with Crippen LogP contribution in [-0.4, -0.2) is 50.8 Å². The third kappa shape index (κ3) is 2.67. The summed E-state index contributed by atoms with van der Waals surface area (Å²) in [5.74, 6) is 0. The highest BCUT2D eigenvalue weighted by atomic mass is 16.2. The SMILES string of the molecule is CN(C)C(=O)NC1CNCCN1. The number of urea groups is 1. The molecule has 0 aliphatic carbocycles. The van der Waals surface area contributed by atoms with E-state index in [1.165, 1.54) is 4.90 Å². The molecular weight excluding hydrogens is 156 g/mol. The van der Waals surface area contributed by atoms with E-state index in [2.05, 4.69) is 16.0 Å². The molecule has 3 N–H and O–H groups in total. The molecule has 1 aliphatic rings. The zero-order valence-corrected chi connectivity index (χ0v) is 7.55. The van der Waals surface area contributed by atoms with E-state index in [0.29, 0.717) is 0 Å². The highest BCUT2D eigenvalue weighted by Gasteiger charge is 2.14. The maximum Gasteiger partial charge on any atom is 0.318 e. The van der Waals surface area contributed by atoms with Crippen molar-refractivity contribution in [1.29, 1.82) is 0 Å². The summed E-state index contributed by atoms with van der Waals surface area (Å²) in [6.45, 7) is 2.66. The fourth-order valence-electron chi connectivity index (χ4n) is 1.03. The first-order valence-electron chi connectivity index (χ1n) is 4.12. The van der Waals surface area contributed by atoms with Gasteiger partial charge in [-0.3, -0.25) is 5.32 Å². The van der Waals surface area contributed by atoms with Gasteiger partial charge in [-0.15, -0.1) is 0 Å². The lowest BCUT2D eigenvalue weighted by Crippen LogP contribution is -2.58. The number of nitrogens with one attached hydrogen (secondary N) is 3. The third-order valence-electron chi connectivity index (χ3n) is 1.74. The van der Waals surface area contributed by atoms with Crippen molar-refractivity contribution in [1.82, 2.24) is 20.9 Å². The number of nitrogens with zero attached hydrogens (tertiary/aromatic N) is 1. The number of hydrogen-bond donors (Lipinski definition) is 3. The Morgan fingerprint density at radius 3 is 2.75 bits per heavy atom. The number of rotatable bonds is 1. The molecule has 5 heteroatoms. The first kappa shape index (κ1) is 9.28. The molecule has 1 unspecified atom stereocenters. The summed E-state index contributed by atoms with van der Waals surface area (Å²) in [5, 5.41) is 9.20. The Bertz CT molecular complexity index is 153. The summed E-state index contributed by atoms with van der Waals surface area (Å²) >= 11 is 0. The second kappa shape index (κ2) is 4.27. The molecule has 0 radical (unpaired) electrons. The fraction of sp³-hybridized carbons (Fsp3) is 0.857. The molecule has 1 rings (SSSR count).